The summed E-state index contributed by atoms with van der Waals surface area (Å²) in [6.07, 6.45) is 3.46. The van der Waals surface area contributed by atoms with E-state index < -0.39 is 0 Å². The number of aryl methyl sites for hydroxylation is 2. The molecule has 12 heavy (non-hydrogen) atoms. The number of aromatic nitrogens is 2. The van der Waals surface area contributed by atoms with Crippen molar-refractivity contribution in [2.24, 2.45) is 0 Å². The van der Waals surface area contributed by atoms with Crippen molar-refractivity contribution >= 4 is 15.9 Å². The molecule has 3 heteroatoms. The topological polar surface area (TPSA) is 25.8 Å². The SMILES string of the molecule is CCCCc1cc(Br)nc(C)n1. The van der Waals surface area contributed by atoms with Crippen LogP contribution < -0.4 is 0 Å². The molecule has 2 nitrogen and oxygen atoms in total. The molecule has 1 rings (SSSR count). The molecular formula is C9H13BrN2. The molecule has 0 amide bonds. The predicted octanol–water partition coefficient (Wildman–Crippen LogP) is 2.89. The first-order chi connectivity index (χ1) is 5.72. The molecule has 0 aliphatic carbocycles. The Morgan fingerprint density at radius 1 is 1.42 bits per heavy atom. The maximum atomic E-state index is 4.33. The molecule has 0 saturated heterocycles. The van der Waals surface area contributed by atoms with Gasteiger partial charge in [-0.25, -0.2) is 9.97 Å². The third-order valence-electron chi connectivity index (χ3n) is 1.65. The Bertz CT molecular complexity index is 240. The Hall–Kier alpha value is -0.440. The molecule has 0 saturated carbocycles. The van der Waals surface area contributed by atoms with E-state index in [1.807, 2.05) is 13.0 Å². The van der Waals surface area contributed by atoms with Gasteiger partial charge in [0.25, 0.3) is 0 Å². The maximum absolute atomic E-state index is 4.33. The van der Waals surface area contributed by atoms with Gasteiger partial charge in [-0.2, -0.15) is 0 Å². The predicted molar refractivity (Wildman–Crippen MR) is 53.1 cm³/mol. The fourth-order valence-electron chi connectivity index (χ4n) is 1.08. The Labute approximate surface area is 81.6 Å². The summed E-state index contributed by atoms with van der Waals surface area (Å²) in [4.78, 5) is 8.48. The van der Waals surface area contributed by atoms with Crippen molar-refractivity contribution in [2.75, 3.05) is 0 Å². The second-order valence-corrected chi connectivity index (χ2v) is 3.65. The van der Waals surface area contributed by atoms with Crippen LogP contribution in [0.25, 0.3) is 0 Å². The minimum absolute atomic E-state index is 0.843. The van der Waals surface area contributed by atoms with Gasteiger partial charge < -0.3 is 0 Å². The van der Waals surface area contributed by atoms with Crippen LogP contribution in [0.4, 0.5) is 0 Å². The average Bonchev–Trinajstić information content (AvgIpc) is 1.99. The van der Waals surface area contributed by atoms with E-state index >= 15 is 0 Å². The van der Waals surface area contributed by atoms with Crippen molar-refractivity contribution in [2.45, 2.75) is 33.1 Å². The Morgan fingerprint density at radius 2 is 2.17 bits per heavy atom. The second kappa shape index (κ2) is 4.55. The molecule has 0 N–H and O–H groups in total. The van der Waals surface area contributed by atoms with E-state index in [1.54, 1.807) is 0 Å². The van der Waals surface area contributed by atoms with E-state index in [2.05, 4.69) is 32.8 Å². The van der Waals surface area contributed by atoms with Crippen molar-refractivity contribution in [3.8, 4) is 0 Å². The van der Waals surface area contributed by atoms with Crippen LogP contribution in [0.5, 0.6) is 0 Å². The lowest BCUT2D eigenvalue weighted by Gasteiger charge is -2.00. The molecule has 0 spiro atoms. The third-order valence-corrected chi connectivity index (χ3v) is 2.05. The van der Waals surface area contributed by atoms with Crippen LogP contribution in [0.1, 0.15) is 31.3 Å². The number of hydrogen-bond donors (Lipinski definition) is 0. The summed E-state index contributed by atoms with van der Waals surface area (Å²) in [5.41, 5.74) is 1.14. The number of nitrogens with zero attached hydrogens (tertiary/aromatic N) is 2. The van der Waals surface area contributed by atoms with Gasteiger partial charge in [-0.15, -0.1) is 0 Å². The summed E-state index contributed by atoms with van der Waals surface area (Å²) in [7, 11) is 0. The normalized spacial score (nSPS) is 10.2. The highest BCUT2D eigenvalue weighted by Crippen LogP contribution is 2.09. The molecule has 0 aliphatic heterocycles. The Kier molecular flexibility index (Phi) is 3.66. The number of hydrogen-bond acceptors (Lipinski definition) is 2. The first-order valence-corrected chi connectivity index (χ1v) is 5.01. The van der Waals surface area contributed by atoms with E-state index in [1.165, 1.54) is 12.8 Å². The lowest BCUT2D eigenvalue weighted by atomic mass is 10.2. The van der Waals surface area contributed by atoms with Crippen LogP contribution in [-0.2, 0) is 6.42 Å². The average molecular weight is 229 g/mol. The van der Waals surface area contributed by atoms with E-state index in [4.69, 9.17) is 0 Å². The van der Waals surface area contributed by atoms with Crippen LogP contribution in [-0.4, -0.2) is 9.97 Å². The molecule has 0 aromatic carbocycles. The van der Waals surface area contributed by atoms with Gasteiger partial charge in [0.15, 0.2) is 0 Å². The lowest BCUT2D eigenvalue weighted by molar-refractivity contribution is 0.766. The Balaban J connectivity index is 2.72. The number of rotatable bonds is 3. The summed E-state index contributed by atoms with van der Waals surface area (Å²) < 4.78 is 0.890. The fraction of sp³-hybridized carbons (Fsp3) is 0.556. The summed E-state index contributed by atoms with van der Waals surface area (Å²) >= 11 is 3.35. The van der Waals surface area contributed by atoms with Crippen molar-refractivity contribution < 1.29 is 0 Å². The van der Waals surface area contributed by atoms with Crippen LogP contribution in [0.2, 0.25) is 0 Å². The van der Waals surface area contributed by atoms with E-state index in [0.717, 1.165) is 22.5 Å². The van der Waals surface area contributed by atoms with Gasteiger partial charge >= 0.3 is 0 Å². The Morgan fingerprint density at radius 3 is 2.75 bits per heavy atom. The van der Waals surface area contributed by atoms with Crippen LogP contribution in [0.3, 0.4) is 0 Å². The van der Waals surface area contributed by atoms with Gasteiger partial charge in [0.2, 0.25) is 0 Å². The summed E-state index contributed by atoms with van der Waals surface area (Å²) in [6.45, 7) is 4.10. The van der Waals surface area contributed by atoms with Crippen LogP contribution in [0, 0.1) is 6.92 Å². The monoisotopic (exact) mass is 228 g/mol. The molecule has 0 fully saturated rings. The van der Waals surface area contributed by atoms with E-state index in [9.17, 15) is 0 Å². The molecule has 0 radical (unpaired) electrons. The molecule has 1 aromatic heterocycles. The highest BCUT2D eigenvalue weighted by molar-refractivity contribution is 9.10. The largest absolute Gasteiger partial charge is 0.238 e. The smallest absolute Gasteiger partial charge is 0.126 e. The highest BCUT2D eigenvalue weighted by atomic mass is 79.9. The number of halogens is 1. The van der Waals surface area contributed by atoms with Crippen molar-refractivity contribution in [1.29, 1.82) is 0 Å². The standard InChI is InChI=1S/C9H13BrN2/c1-3-4-5-8-6-9(10)12-7(2)11-8/h6H,3-5H2,1-2H3. The highest BCUT2D eigenvalue weighted by Gasteiger charge is 1.98. The molecular weight excluding hydrogens is 216 g/mol. The van der Waals surface area contributed by atoms with Gasteiger partial charge in [-0.05, 0) is 41.8 Å². The van der Waals surface area contributed by atoms with E-state index in [0.29, 0.717) is 0 Å². The molecule has 0 aliphatic rings. The molecule has 1 aromatic rings. The van der Waals surface area contributed by atoms with Crippen molar-refractivity contribution in [1.82, 2.24) is 9.97 Å². The van der Waals surface area contributed by atoms with Gasteiger partial charge in [0.05, 0.1) is 0 Å². The zero-order chi connectivity index (χ0) is 8.97. The fourth-order valence-corrected chi connectivity index (χ4v) is 1.60. The summed E-state index contributed by atoms with van der Waals surface area (Å²) in [5, 5.41) is 0. The quantitative estimate of drug-likeness (QED) is 0.744. The molecule has 66 valence electrons. The molecule has 1 heterocycles. The van der Waals surface area contributed by atoms with Gasteiger partial charge in [-0.3, -0.25) is 0 Å². The van der Waals surface area contributed by atoms with Gasteiger partial charge in [-0.1, -0.05) is 13.3 Å². The van der Waals surface area contributed by atoms with Crippen LogP contribution >= 0.6 is 15.9 Å². The van der Waals surface area contributed by atoms with E-state index in [-0.39, 0.29) is 0 Å². The van der Waals surface area contributed by atoms with Gasteiger partial charge in [0, 0.05) is 5.69 Å². The van der Waals surface area contributed by atoms with Crippen molar-refractivity contribution in [3.63, 3.8) is 0 Å². The van der Waals surface area contributed by atoms with Crippen molar-refractivity contribution in [3.05, 3.63) is 22.2 Å². The lowest BCUT2D eigenvalue weighted by Crippen LogP contribution is -1.95. The maximum Gasteiger partial charge on any atom is 0.126 e. The molecule has 0 bridgehead atoms. The minimum atomic E-state index is 0.843. The molecule has 0 unspecified atom stereocenters. The summed E-state index contributed by atoms with van der Waals surface area (Å²) in [5.74, 6) is 0.843. The minimum Gasteiger partial charge on any atom is -0.238 e. The first-order valence-electron chi connectivity index (χ1n) is 4.22. The third kappa shape index (κ3) is 2.89. The zero-order valence-corrected chi connectivity index (χ0v) is 9.06. The zero-order valence-electron chi connectivity index (χ0n) is 7.47. The molecule has 0 atom stereocenters. The van der Waals surface area contributed by atoms with Gasteiger partial charge in [0.1, 0.15) is 10.4 Å². The van der Waals surface area contributed by atoms with Crippen LogP contribution in [0.15, 0.2) is 10.7 Å². The summed E-state index contributed by atoms with van der Waals surface area (Å²) in [6, 6.07) is 1.99. The second-order valence-electron chi connectivity index (χ2n) is 2.83. The first kappa shape index (κ1) is 9.65. The number of unbranched alkanes of at least 4 members (excludes halogenated alkanes) is 1.